The minimum Gasteiger partial charge on any atom is -0.444 e. The van der Waals surface area contributed by atoms with Gasteiger partial charge in [-0.05, 0) is 26.8 Å². The van der Waals surface area contributed by atoms with Crippen molar-refractivity contribution in [2.75, 3.05) is 18.5 Å². The van der Waals surface area contributed by atoms with Gasteiger partial charge in [0.25, 0.3) is 0 Å². The Labute approximate surface area is 111 Å². The second kappa shape index (κ2) is 4.79. The minimum absolute atomic E-state index is 0.208. The molecular weight excluding hydrogens is 248 g/mol. The molecule has 0 aliphatic carbocycles. The number of rotatable bonds is 2. The Balaban J connectivity index is 2.15. The lowest BCUT2D eigenvalue weighted by Crippen LogP contribution is -2.47. The molecule has 1 fully saturated rings. The van der Waals surface area contributed by atoms with Crippen molar-refractivity contribution in [3.8, 4) is 0 Å². The topological polar surface area (TPSA) is 80.7 Å². The highest BCUT2D eigenvalue weighted by atomic mass is 16.6. The number of pyridine rings is 1. The van der Waals surface area contributed by atoms with Gasteiger partial charge in [-0.1, -0.05) is 0 Å². The van der Waals surface area contributed by atoms with Crippen molar-refractivity contribution in [1.82, 2.24) is 4.98 Å². The van der Waals surface area contributed by atoms with Crippen LogP contribution in [0.25, 0.3) is 0 Å². The van der Waals surface area contributed by atoms with Crippen LogP contribution in [0.15, 0.2) is 18.5 Å². The van der Waals surface area contributed by atoms with Gasteiger partial charge in [-0.25, -0.2) is 4.79 Å². The van der Waals surface area contributed by atoms with Crippen LogP contribution in [0, 0.1) is 0 Å². The average Bonchev–Trinajstić information content (AvgIpc) is 2.24. The highest BCUT2D eigenvalue weighted by Gasteiger charge is 2.40. The van der Waals surface area contributed by atoms with E-state index in [9.17, 15) is 9.90 Å². The highest BCUT2D eigenvalue weighted by Crippen LogP contribution is 2.33. The number of carbonyl (C=O) groups excluding carboxylic acids is 1. The molecule has 1 aromatic rings. The quantitative estimate of drug-likeness (QED) is 0.850. The van der Waals surface area contributed by atoms with Gasteiger partial charge in [-0.3, -0.25) is 10.3 Å². The zero-order valence-electron chi connectivity index (χ0n) is 11.3. The molecule has 0 bridgehead atoms. The fourth-order valence-corrected chi connectivity index (χ4v) is 1.76. The van der Waals surface area contributed by atoms with Gasteiger partial charge in [0.05, 0.1) is 25.1 Å². The van der Waals surface area contributed by atoms with Crippen LogP contribution in [0.4, 0.5) is 10.5 Å². The molecular formula is C13H18N2O4. The van der Waals surface area contributed by atoms with Crippen LogP contribution < -0.4 is 5.32 Å². The number of nitrogens with one attached hydrogen (secondary N) is 1. The third-order valence-electron chi connectivity index (χ3n) is 2.64. The van der Waals surface area contributed by atoms with Gasteiger partial charge in [-0.2, -0.15) is 0 Å². The summed E-state index contributed by atoms with van der Waals surface area (Å²) in [6.45, 7) is 5.76. The van der Waals surface area contributed by atoms with Crippen LogP contribution in [-0.4, -0.2) is 35.0 Å². The van der Waals surface area contributed by atoms with E-state index in [4.69, 9.17) is 9.47 Å². The second-order valence-corrected chi connectivity index (χ2v) is 5.57. The predicted molar refractivity (Wildman–Crippen MR) is 68.8 cm³/mol. The second-order valence-electron chi connectivity index (χ2n) is 5.57. The molecule has 2 N–H and O–H groups in total. The standard InChI is InChI=1S/C13H18N2O4/c1-12(2,3)19-11(16)15-10-6-14-5-4-9(10)13(17)7-18-8-13/h4-6,17H,7-8H2,1-3H3,(H,15,16). The van der Waals surface area contributed by atoms with Crippen molar-refractivity contribution in [2.24, 2.45) is 0 Å². The van der Waals surface area contributed by atoms with Gasteiger partial charge in [0, 0.05) is 11.8 Å². The zero-order valence-corrected chi connectivity index (χ0v) is 11.3. The summed E-state index contributed by atoms with van der Waals surface area (Å²) in [7, 11) is 0. The van der Waals surface area contributed by atoms with E-state index >= 15 is 0 Å². The Hall–Kier alpha value is -1.66. The molecule has 1 amide bonds. The summed E-state index contributed by atoms with van der Waals surface area (Å²) in [6, 6.07) is 1.66. The van der Waals surface area contributed by atoms with Gasteiger partial charge in [0.2, 0.25) is 0 Å². The molecule has 0 unspecified atom stereocenters. The van der Waals surface area contributed by atoms with E-state index in [1.54, 1.807) is 33.0 Å². The molecule has 6 nitrogen and oxygen atoms in total. The summed E-state index contributed by atoms with van der Waals surface area (Å²) in [5, 5.41) is 12.9. The van der Waals surface area contributed by atoms with Crippen LogP contribution >= 0.6 is 0 Å². The van der Waals surface area contributed by atoms with Gasteiger partial charge in [0.15, 0.2) is 0 Å². The van der Waals surface area contributed by atoms with E-state index in [0.29, 0.717) is 11.3 Å². The fraction of sp³-hybridized carbons (Fsp3) is 0.538. The van der Waals surface area contributed by atoms with Crippen LogP contribution in [0.5, 0.6) is 0 Å². The molecule has 0 saturated carbocycles. The summed E-state index contributed by atoms with van der Waals surface area (Å²) in [5.41, 5.74) is -0.627. The van der Waals surface area contributed by atoms with E-state index in [0.717, 1.165) is 0 Å². The first-order chi connectivity index (χ1) is 8.80. The van der Waals surface area contributed by atoms with E-state index in [2.05, 4.69) is 10.3 Å². The zero-order chi connectivity index (χ0) is 14.1. The lowest BCUT2D eigenvalue weighted by molar-refractivity contribution is -0.184. The molecule has 1 aromatic heterocycles. The van der Waals surface area contributed by atoms with Crippen LogP contribution in [0.3, 0.4) is 0 Å². The number of hydrogen-bond donors (Lipinski definition) is 2. The van der Waals surface area contributed by atoms with Gasteiger partial charge in [0.1, 0.15) is 11.2 Å². The molecule has 19 heavy (non-hydrogen) atoms. The van der Waals surface area contributed by atoms with Crippen molar-refractivity contribution < 1.29 is 19.4 Å². The van der Waals surface area contributed by atoms with Gasteiger partial charge >= 0.3 is 6.09 Å². The Morgan fingerprint density at radius 2 is 2.21 bits per heavy atom. The molecule has 104 valence electrons. The average molecular weight is 266 g/mol. The molecule has 6 heteroatoms. The van der Waals surface area contributed by atoms with E-state index < -0.39 is 17.3 Å². The van der Waals surface area contributed by atoms with Crippen molar-refractivity contribution >= 4 is 11.8 Å². The number of ether oxygens (including phenoxy) is 2. The van der Waals surface area contributed by atoms with Crippen molar-refractivity contribution in [1.29, 1.82) is 0 Å². The summed E-state index contributed by atoms with van der Waals surface area (Å²) >= 11 is 0. The minimum atomic E-state index is -1.06. The number of amides is 1. The molecule has 2 heterocycles. The number of hydrogen-bond acceptors (Lipinski definition) is 5. The van der Waals surface area contributed by atoms with Crippen LogP contribution in [0.2, 0.25) is 0 Å². The van der Waals surface area contributed by atoms with E-state index in [1.807, 2.05) is 0 Å². The van der Waals surface area contributed by atoms with Crippen molar-refractivity contribution in [2.45, 2.75) is 32.0 Å². The molecule has 2 rings (SSSR count). The largest absolute Gasteiger partial charge is 0.444 e. The predicted octanol–water partition coefficient (Wildman–Crippen LogP) is 1.65. The molecule has 0 atom stereocenters. The monoisotopic (exact) mass is 266 g/mol. The molecule has 1 saturated heterocycles. The molecule has 1 aliphatic heterocycles. The normalized spacial score (nSPS) is 17.5. The Morgan fingerprint density at radius 3 is 2.74 bits per heavy atom. The first kappa shape index (κ1) is 13.8. The Kier molecular flexibility index (Phi) is 3.47. The lowest BCUT2D eigenvalue weighted by atomic mass is 9.92. The van der Waals surface area contributed by atoms with E-state index in [1.165, 1.54) is 6.20 Å². The maximum atomic E-state index is 11.7. The highest BCUT2D eigenvalue weighted by molar-refractivity contribution is 5.86. The summed E-state index contributed by atoms with van der Waals surface area (Å²) in [6.07, 6.45) is 2.46. The van der Waals surface area contributed by atoms with Crippen LogP contribution in [0.1, 0.15) is 26.3 Å². The van der Waals surface area contributed by atoms with Crippen molar-refractivity contribution in [3.05, 3.63) is 24.0 Å². The van der Waals surface area contributed by atoms with Gasteiger partial charge < -0.3 is 14.6 Å². The number of carbonyl (C=O) groups is 1. The first-order valence-corrected chi connectivity index (χ1v) is 6.05. The summed E-state index contributed by atoms with van der Waals surface area (Å²) in [5.74, 6) is 0. The van der Waals surface area contributed by atoms with Crippen molar-refractivity contribution in [3.63, 3.8) is 0 Å². The lowest BCUT2D eigenvalue weighted by Gasteiger charge is -2.37. The van der Waals surface area contributed by atoms with Gasteiger partial charge in [-0.15, -0.1) is 0 Å². The third-order valence-corrected chi connectivity index (χ3v) is 2.64. The maximum Gasteiger partial charge on any atom is 0.412 e. The van der Waals surface area contributed by atoms with E-state index in [-0.39, 0.29) is 13.2 Å². The summed E-state index contributed by atoms with van der Waals surface area (Å²) < 4.78 is 10.2. The number of nitrogens with zero attached hydrogens (tertiary/aromatic N) is 1. The first-order valence-electron chi connectivity index (χ1n) is 6.05. The maximum absolute atomic E-state index is 11.7. The molecule has 0 spiro atoms. The third kappa shape index (κ3) is 3.21. The fourth-order valence-electron chi connectivity index (χ4n) is 1.76. The van der Waals surface area contributed by atoms with Crippen LogP contribution in [-0.2, 0) is 15.1 Å². The number of aromatic nitrogens is 1. The number of aliphatic hydroxyl groups is 1. The Bertz CT molecular complexity index is 478. The smallest absolute Gasteiger partial charge is 0.412 e. The molecule has 0 radical (unpaired) electrons. The Morgan fingerprint density at radius 1 is 1.53 bits per heavy atom. The summed E-state index contributed by atoms with van der Waals surface area (Å²) in [4.78, 5) is 15.7. The SMILES string of the molecule is CC(C)(C)OC(=O)Nc1cnccc1C1(O)COC1. The molecule has 1 aliphatic rings. The number of anilines is 1. The molecule has 0 aromatic carbocycles.